The molecule has 0 saturated carbocycles. The van der Waals surface area contributed by atoms with Gasteiger partial charge in [0.25, 0.3) is 5.56 Å². The zero-order valence-corrected chi connectivity index (χ0v) is 18.6. The minimum Gasteiger partial charge on any atom is -0.395 e. The highest BCUT2D eigenvalue weighted by Gasteiger charge is 2.35. The van der Waals surface area contributed by atoms with E-state index in [1.54, 1.807) is 0 Å². The van der Waals surface area contributed by atoms with Gasteiger partial charge in [0.05, 0.1) is 6.61 Å². The smallest absolute Gasteiger partial charge is 0.255 e. The van der Waals surface area contributed by atoms with Crippen LogP contribution in [0.4, 0.5) is 5.82 Å². The fraction of sp³-hybridized carbons (Fsp3) is 0.583. The minimum absolute atomic E-state index is 0.104. The van der Waals surface area contributed by atoms with Gasteiger partial charge in [0.1, 0.15) is 5.82 Å². The van der Waals surface area contributed by atoms with Gasteiger partial charge < -0.3 is 14.6 Å². The van der Waals surface area contributed by atoms with Gasteiger partial charge in [-0.1, -0.05) is 32.9 Å². The standard InChI is InChI=1S/C24H34N4O2/c1-24(2,3)20-6-8-22(25-12-20)27-13-17-11-19(16-27)21-7-5-18(15-26(4)9-10-29)23(30)28(21)14-17/h5-8,12,17,19,29H,9-11,13-16H2,1-4H3/t17-,19+/m0/s1. The van der Waals surface area contributed by atoms with Crippen LogP contribution < -0.4 is 10.5 Å². The van der Waals surface area contributed by atoms with Crippen molar-refractivity contribution in [2.45, 2.75) is 51.6 Å². The van der Waals surface area contributed by atoms with Crippen LogP contribution in [0.1, 0.15) is 49.9 Å². The fourth-order valence-electron chi connectivity index (χ4n) is 4.86. The molecule has 30 heavy (non-hydrogen) atoms. The van der Waals surface area contributed by atoms with Gasteiger partial charge in [-0.15, -0.1) is 0 Å². The molecular weight excluding hydrogens is 376 g/mol. The number of anilines is 1. The molecule has 6 heteroatoms. The van der Waals surface area contributed by atoms with Gasteiger partial charge in [-0.2, -0.15) is 0 Å². The van der Waals surface area contributed by atoms with Crippen LogP contribution in [0.5, 0.6) is 0 Å². The molecule has 6 nitrogen and oxygen atoms in total. The minimum atomic E-state index is 0.104. The number of hydrogen-bond acceptors (Lipinski definition) is 5. The molecule has 162 valence electrons. The lowest BCUT2D eigenvalue weighted by Gasteiger charge is -2.43. The summed E-state index contributed by atoms with van der Waals surface area (Å²) in [5.41, 5.74) is 3.45. The van der Waals surface area contributed by atoms with Crippen molar-refractivity contribution in [3.63, 3.8) is 0 Å². The van der Waals surface area contributed by atoms with E-state index < -0.39 is 0 Å². The highest BCUT2D eigenvalue weighted by atomic mass is 16.3. The Balaban J connectivity index is 1.55. The number of rotatable bonds is 5. The van der Waals surface area contributed by atoms with Crippen LogP contribution in [0.15, 0.2) is 35.3 Å². The molecule has 2 aliphatic rings. The summed E-state index contributed by atoms with van der Waals surface area (Å²) in [6.07, 6.45) is 3.15. The van der Waals surface area contributed by atoms with Gasteiger partial charge in [0.15, 0.2) is 0 Å². The van der Waals surface area contributed by atoms with E-state index in [0.717, 1.165) is 43.1 Å². The van der Waals surface area contributed by atoms with Crippen molar-refractivity contribution in [2.24, 2.45) is 5.92 Å². The summed E-state index contributed by atoms with van der Waals surface area (Å²) in [4.78, 5) is 22.3. The average molecular weight is 411 g/mol. The second-order valence-corrected chi connectivity index (χ2v) is 10.0. The third kappa shape index (κ3) is 4.16. The molecular formula is C24H34N4O2. The molecule has 1 fully saturated rings. The largest absolute Gasteiger partial charge is 0.395 e. The zero-order chi connectivity index (χ0) is 21.5. The van der Waals surface area contributed by atoms with Crippen LogP contribution >= 0.6 is 0 Å². The topological polar surface area (TPSA) is 61.6 Å². The van der Waals surface area contributed by atoms with Crippen LogP contribution in [0.2, 0.25) is 0 Å². The molecule has 2 atom stereocenters. The third-order valence-corrected chi connectivity index (χ3v) is 6.54. The van der Waals surface area contributed by atoms with Gasteiger partial charge in [-0.05, 0) is 42.5 Å². The van der Waals surface area contributed by atoms with Crippen molar-refractivity contribution in [2.75, 3.05) is 38.2 Å². The number of pyridine rings is 2. The van der Waals surface area contributed by atoms with Gasteiger partial charge in [-0.25, -0.2) is 4.98 Å². The Morgan fingerprint density at radius 2 is 1.97 bits per heavy atom. The highest BCUT2D eigenvalue weighted by Crippen LogP contribution is 2.37. The molecule has 0 radical (unpaired) electrons. The molecule has 2 aromatic heterocycles. The maximum atomic E-state index is 13.1. The molecule has 2 bridgehead atoms. The molecule has 4 rings (SSSR count). The highest BCUT2D eigenvalue weighted by molar-refractivity contribution is 5.42. The molecule has 4 heterocycles. The first-order valence-corrected chi connectivity index (χ1v) is 11.0. The van der Waals surface area contributed by atoms with Crippen LogP contribution in [-0.4, -0.2) is 52.8 Å². The Morgan fingerprint density at radius 3 is 2.63 bits per heavy atom. The lowest BCUT2D eigenvalue weighted by Crippen LogP contribution is -2.48. The SMILES string of the molecule is CN(CCO)Cc1ccc2n(c1=O)C[C@H]1C[C@@H]2CN(c2ccc(C(C)(C)C)cn2)C1. The number of aliphatic hydroxyl groups is 1. The molecule has 0 spiro atoms. The van der Waals surface area contributed by atoms with Gasteiger partial charge >= 0.3 is 0 Å². The van der Waals surface area contributed by atoms with Gasteiger partial charge in [-0.3, -0.25) is 9.69 Å². The summed E-state index contributed by atoms with van der Waals surface area (Å²) in [6, 6.07) is 8.47. The summed E-state index contributed by atoms with van der Waals surface area (Å²) < 4.78 is 2.01. The number of fused-ring (bicyclic) bond motifs is 4. The summed E-state index contributed by atoms with van der Waals surface area (Å²) in [5, 5.41) is 9.12. The monoisotopic (exact) mass is 410 g/mol. The number of likely N-dealkylation sites (N-methyl/N-ethyl adjacent to an activating group) is 1. The van der Waals surface area contributed by atoms with E-state index in [-0.39, 0.29) is 17.6 Å². The quantitative estimate of drug-likeness (QED) is 0.821. The zero-order valence-electron chi connectivity index (χ0n) is 18.6. The predicted octanol–water partition coefficient (Wildman–Crippen LogP) is 2.59. The lowest BCUT2D eigenvalue weighted by molar-refractivity contribution is 0.216. The molecule has 0 aromatic carbocycles. The maximum Gasteiger partial charge on any atom is 0.255 e. The molecule has 1 N–H and O–H groups in total. The van der Waals surface area contributed by atoms with E-state index in [4.69, 9.17) is 10.1 Å². The Morgan fingerprint density at radius 1 is 1.17 bits per heavy atom. The Kier molecular flexibility index (Phi) is 5.73. The van der Waals surface area contributed by atoms with Crippen molar-refractivity contribution in [3.05, 3.63) is 57.6 Å². The van der Waals surface area contributed by atoms with Crippen LogP contribution in [0.25, 0.3) is 0 Å². The Bertz CT molecular complexity index is 945. The van der Waals surface area contributed by atoms with Gasteiger partial charge in [0.2, 0.25) is 0 Å². The van der Waals surface area contributed by atoms with Crippen LogP contribution in [-0.2, 0) is 18.5 Å². The molecule has 0 unspecified atom stereocenters. The van der Waals surface area contributed by atoms with Crippen molar-refractivity contribution >= 4 is 5.82 Å². The van der Waals surface area contributed by atoms with Crippen molar-refractivity contribution < 1.29 is 5.11 Å². The first kappa shape index (κ1) is 21.1. The summed E-state index contributed by atoms with van der Waals surface area (Å²) >= 11 is 0. The van der Waals surface area contributed by atoms with E-state index in [2.05, 4.69) is 43.9 Å². The number of aromatic nitrogens is 2. The predicted molar refractivity (Wildman–Crippen MR) is 120 cm³/mol. The molecule has 0 aliphatic carbocycles. The van der Waals surface area contributed by atoms with E-state index in [1.807, 2.05) is 28.8 Å². The van der Waals surface area contributed by atoms with E-state index in [0.29, 0.717) is 24.9 Å². The molecule has 2 aromatic rings. The first-order chi connectivity index (χ1) is 14.3. The lowest BCUT2D eigenvalue weighted by atomic mass is 9.83. The average Bonchev–Trinajstić information content (AvgIpc) is 2.70. The number of nitrogens with zero attached hydrogens (tertiary/aromatic N) is 4. The number of piperidine rings is 1. The van der Waals surface area contributed by atoms with E-state index >= 15 is 0 Å². The van der Waals surface area contributed by atoms with E-state index in [1.165, 1.54) is 5.56 Å². The second-order valence-electron chi connectivity index (χ2n) is 10.0. The number of aliphatic hydroxyl groups excluding tert-OH is 1. The fourth-order valence-corrected chi connectivity index (χ4v) is 4.86. The normalized spacial score (nSPS) is 21.1. The Hall–Kier alpha value is -2.18. The van der Waals surface area contributed by atoms with Gasteiger partial charge in [0, 0.05) is 56.1 Å². The molecule has 1 saturated heterocycles. The Labute approximate surface area is 179 Å². The van der Waals surface area contributed by atoms with Crippen molar-refractivity contribution in [1.82, 2.24) is 14.5 Å². The summed E-state index contributed by atoms with van der Waals surface area (Å²) in [6.45, 7) is 10.5. The van der Waals surface area contributed by atoms with Crippen LogP contribution in [0.3, 0.4) is 0 Å². The summed E-state index contributed by atoms with van der Waals surface area (Å²) in [7, 11) is 1.93. The van der Waals surface area contributed by atoms with Crippen molar-refractivity contribution in [3.8, 4) is 0 Å². The first-order valence-electron chi connectivity index (χ1n) is 11.0. The summed E-state index contributed by atoms with van der Waals surface area (Å²) in [5.74, 6) is 1.86. The van der Waals surface area contributed by atoms with Crippen LogP contribution in [0, 0.1) is 5.92 Å². The van der Waals surface area contributed by atoms with Crippen molar-refractivity contribution in [1.29, 1.82) is 0 Å². The molecule has 0 amide bonds. The number of hydrogen-bond donors (Lipinski definition) is 1. The molecule has 2 aliphatic heterocycles. The second kappa shape index (κ2) is 8.16. The maximum absolute atomic E-state index is 13.1. The van der Waals surface area contributed by atoms with E-state index in [9.17, 15) is 4.79 Å². The third-order valence-electron chi connectivity index (χ3n) is 6.54.